The molecule has 0 atom stereocenters. The average molecular weight is 206 g/mol. The Balaban J connectivity index is 2.25. The third-order valence-corrected chi connectivity index (χ3v) is 2.13. The fourth-order valence-corrected chi connectivity index (χ4v) is 1.35. The molecule has 0 bridgehead atoms. The van der Waals surface area contributed by atoms with E-state index in [0.29, 0.717) is 6.42 Å². The summed E-state index contributed by atoms with van der Waals surface area (Å²) in [5, 5.41) is 12.9. The van der Waals surface area contributed by atoms with E-state index in [4.69, 9.17) is 5.11 Å². The number of aliphatic hydroxyl groups excluding tert-OH is 1. The number of aromatic nitrogens is 2. The van der Waals surface area contributed by atoms with Crippen molar-refractivity contribution >= 4 is 0 Å². The molecule has 2 aromatic rings. The Labute approximate surface area is 86.8 Å². The van der Waals surface area contributed by atoms with Gasteiger partial charge in [-0.25, -0.2) is 9.07 Å². The maximum atomic E-state index is 12.7. The Hall–Kier alpha value is -1.68. The van der Waals surface area contributed by atoms with Gasteiger partial charge in [0, 0.05) is 12.8 Å². The van der Waals surface area contributed by atoms with Crippen molar-refractivity contribution in [2.45, 2.75) is 6.42 Å². The lowest BCUT2D eigenvalue weighted by Crippen LogP contribution is -1.94. The van der Waals surface area contributed by atoms with Gasteiger partial charge in [-0.05, 0) is 36.2 Å². The summed E-state index contributed by atoms with van der Waals surface area (Å²) in [5.74, 6) is -0.263. The summed E-state index contributed by atoms with van der Waals surface area (Å²) in [6.45, 7) is 0.106. The summed E-state index contributed by atoms with van der Waals surface area (Å²) in [6.07, 6.45) is 4.10. The Bertz CT molecular complexity index is 436. The molecule has 0 aliphatic heterocycles. The molecule has 0 radical (unpaired) electrons. The highest BCUT2D eigenvalue weighted by atomic mass is 19.1. The Morgan fingerprint density at radius 2 is 2.00 bits per heavy atom. The van der Waals surface area contributed by atoms with Crippen LogP contribution in [0.25, 0.3) is 5.69 Å². The van der Waals surface area contributed by atoms with Crippen LogP contribution in [0.4, 0.5) is 4.39 Å². The van der Waals surface area contributed by atoms with E-state index in [1.807, 2.05) is 6.20 Å². The van der Waals surface area contributed by atoms with Gasteiger partial charge in [0.25, 0.3) is 0 Å². The fourth-order valence-electron chi connectivity index (χ4n) is 1.35. The summed E-state index contributed by atoms with van der Waals surface area (Å²) in [4.78, 5) is 0. The van der Waals surface area contributed by atoms with E-state index in [-0.39, 0.29) is 12.4 Å². The highest BCUT2D eigenvalue weighted by Gasteiger charge is 2.00. The van der Waals surface area contributed by atoms with Crippen LogP contribution >= 0.6 is 0 Å². The Morgan fingerprint density at radius 1 is 1.27 bits per heavy atom. The van der Waals surface area contributed by atoms with Crippen molar-refractivity contribution in [2.24, 2.45) is 0 Å². The summed E-state index contributed by atoms with van der Waals surface area (Å²) < 4.78 is 14.3. The molecule has 0 fully saturated rings. The fraction of sp³-hybridized carbons (Fsp3) is 0.182. The minimum absolute atomic E-state index is 0.106. The van der Waals surface area contributed by atoms with Crippen LogP contribution in [0.15, 0.2) is 36.7 Å². The molecule has 2 rings (SSSR count). The predicted molar refractivity (Wildman–Crippen MR) is 54.3 cm³/mol. The van der Waals surface area contributed by atoms with Gasteiger partial charge in [-0.15, -0.1) is 0 Å². The van der Waals surface area contributed by atoms with Gasteiger partial charge in [-0.2, -0.15) is 5.10 Å². The smallest absolute Gasteiger partial charge is 0.123 e. The van der Waals surface area contributed by atoms with Crippen molar-refractivity contribution in [3.05, 3.63) is 48.0 Å². The zero-order valence-electron chi connectivity index (χ0n) is 8.10. The molecule has 3 nitrogen and oxygen atoms in total. The van der Waals surface area contributed by atoms with E-state index in [2.05, 4.69) is 5.10 Å². The van der Waals surface area contributed by atoms with Crippen molar-refractivity contribution in [1.82, 2.24) is 9.78 Å². The summed E-state index contributed by atoms with van der Waals surface area (Å²) in [6, 6.07) is 6.10. The molecule has 0 spiro atoms. The van der Waals surface area contributed by atoms with Gasteiger partial charge in [0.1, 0.15) is 5.82 Å². The SMILES string of the molecule is OCCc1cnn(-c2ccc(F)cc2)c1. The lowest BCUT2D eigenvalue weighted by atomic mass is 10.3. The van der Waals surface area contributed by atoms with Crippen molar-refractivity contribution in [3.63, 3.8) is 0 Å². The molecule has 0 amide bonds. The van der Waals surface area contributed by atoms with Crippen molar-refractivity contribution < 1.29 is 9.50 Å². The molecule has 0 unspecified atom stereocenters. The van der Waals surface area contributed by atoms with Gasteiger partial charge in [0.15, 0.2) is 0 Å². The highest BCUT2D eigenvalue weighted by Crippen LogP contribution is 2.09. The largest absolute Gasteiger partial charge is 0.396 e. The van der Waals surface area contributed by atoms with Crippen molar-refractivity contribution in [3.8, 4) is 5.69 Å². The van der Waals surface area contributed by atoms with Crippen LogP contribution in [-0.4, -0.2) is 21.5 Å². The van der Waals surface area contributed by atoms with Crippen molar-refractivity contribution in [2.75, 3.05) is 6.61 Å². The summed E-state index contributed by atoms with van der Waals surface area (Å²) in [5.41, 5.74) is 1.77. The molecule has 0 aliphatic carbocycles. The molecule has 1 N–H and O–H groups in total. The number of hydrogen-bond acceptors (Lipinski definition) is 2. The number of hydrogen-bond donors (Lipinski definition) is 1. The van der Waals surface area contributed by atoms with Crippen LogP contribution < -0.4 is 0 Å². The topological polar surface area (TPSA) is 38.1 Å². The molecular weight excluding hydrogens is 195 g/mol. The van der Waals surface area contributed by atoms with E-state index in [1.165, 1.54) is 12.1 Å². The lowest BCUT2D eigenvalue weighted by Gasteiger charge is -1.99. The van der Waals surface area contributed by atoms with Crippen LogP contribution in [0.1, 0.15) is 5.56 Å². The zero-order valence-corrected chi connectivity index (χ0v) is 8.10. The van der Waals surface area contributed by atoms with E-state index in [0.717, 1.165) is 11.3 Å². The number of nitrogens with zero attached hydrogens (tertiary/aromatic N) is 2. The second-order valence-corrected chi connectivity index (χ2v) is 3.24. The van der Waals surface area contributed by atoms with Crippen LogP contribution in [0.5, 0.6) is 0 Å². The zero-order chi connectivity index (χ0) is 10.7. The average Bonchev–Trinajstić information content (AvgIpc) is 2.68. The first-order valence-corrected chi connectivity index (χ1v) is 4.70. The van der Waals surface area contributed by atoms with Gasteiger partial charge in [0.05, 0.1) is 11.9 Å². The second kappa shape index (κ2) is 4.23. The van der Waals surface area contributed by atoms with E-state index >= 15 is 0 Å². The first-order chi connectivity index (χ1) is 7.29. The maximum absolute atomic E-state index is 12.7. The third kappa shape index (κ3) is 2.22. The van der Waals surface area contributed by atoms with Crippen LogP contribution in [-0.2, 0) is 6.42 Å². The molecular formula is C11H11FN2O. The molecule has 15 heavy (non-hydrogen) atoms. The molecule has 1 heterocycles. The maximum Gasteiger partial charge on any atom is 0.123 e. The van der Waals surface area contributed by atoms with Crippen LogP contribution in [0, 0.1) is 5.82 Å². The van der Waals surface area contributed by atoms with Crippen molar-refractivity contribution in [1.29, 1.82) is 0 Å². The quantitative estimate of drug-likeness (QED) is 0.827. The molecule has 1 aromatic carbocycles. The summed E-state index contributed by atoms with van der Waals surface area (Å²) in [7, 11) is 0. The summed E-state index contributed by atoms with van der Waals surface area (Å²) >= 11 is 0. The second-order valence-electron chi connectivity index (χ2n) is 3.24. The standard InChI is InChI=1S/C11H11FN2O/c12-10-1-3-11(4-2-10)14-8-9(5-6-15)7-13-14/h1-4,7-8,15H,5-6H2. The number of aliphatic hydroxyl groups is 1. The molecule has 78 valence electrons. The van der Waals surface area contributed by atoms with Gasteiger partial charge in [-0.1, -0.05) is 0 Å². The molecule has 4 heteroatoms. The van der Waals surface area contributed by atoms with Gasteiger partial charge in [-0.3, -0.25) is 0 Å². The third-order valence-electron chi connectivity index (χ3n) is 2.13. The predicted octanol–water partition coefficient (Wildman–Crippen LogP) is 1.55. The first-order valence-electron chi connectivity index (χ1n) is 4.70. The monoisotopic (exact) mass is 206 g/mol. The first kappa shape index (κ1) is 9.86. The molecule has 0 saturated carbocycles. The minimum Gasteiger partial charge on any atom is -0.396 e. The number of rotatable bonds is 3. The number of halogens is 1. The molecule has 0 saturated heterocycles. The highest BCUT2D eigenvalue weighted by molar-refractivity contribution is 5.31. The van der Waals surface area contributed by atoms with Gasteiger partial charge < -0.3 is 5.11 Å². The van der Waals surface area contributed by atoms with Gasteiger partial charge >= 0.3 is 0 Å². The Morgan fingerprint density at radius 3 is 2.67 bits per heavy atom. The minimum atomic E-state index is -0.263. The number of benzene rings is 1. The van der Waals surface area contributed by atoms with E-state index in [9.17, 15) is 4.39 Å². The normalized spacial score (nSPS) is 10.5. The van der Waals surface area contributed by atoms with Crippen LogP contribution in [0.3, 0.4) is 0 Å². The van der Waals surface area contributed by atoms with Gasteiger partial charge in [0.2, 0.25) is 0 Å². The molecule has 0 aliphatic rings. The Kier molecular flexibility index (Phi) is 2.78. The molecule has 1 aromatic heterocycles. The van der Waals surface area contributed by atoms with E-state index < -0.39 is 0 Å². The van der Waals surface area contributed by atoms with E-state index in [1.54, 1.807) is 23.0 Å². The van der Waals surface area contributed by atoms with Crippen LogP contribution in [0.2, 0.25) is 0 Å². The lowest BCUT2D eigenvalue weighted by molar-refractivity contribution is 0.299.